The van der Waals surface area contributed by atoms with E-state index in [0.717, 1.165) is 45.5 Å². The molecule has 0 aliphatic carbocycles. The zero-order valence-electron chi connectivity index (χ0n) is 18.5. The Balaban J connectivity index is 1.64. The van der Waals surface area contributed by atoms with Gasteiger partial charge in [-0.1, -0.05) is 30.3 Å². The molecule has 1 aliphatic heterocycles. The summed E-state index contributed by atoms with van der Waals surface area (Å²) >= 11 is 0. The third-order valence-corrected chi connectivity index (χ3v) is 6.39. The molecule has 4 N–H and O–H groups in total. The van der Waals surface area contributed by atoms with Crippen LogP contribution in [0.2, 0.25) is 0 Å². The van der Waals surface area contributed by atoms with Gasteiger partial charge in [-0.15, -0.1) is 0 Å². The van der Waals surface area contributed by atoms with Crippen molar-refractivity contribution >= 4 is 16.8 Å². The molecule has 1 amide bonds. The maximum absolute atomic E-state index is 12.9. The third kappa shape index (κ3) is 3.83. The second kappa shape index (κ2) is 8.64. The Morgan fingerprint density at radius 1 is 1.12 bits per heavy atom. The number of ether oxygens (including phenoxy) is 1. The normalized spacial score (nSPS) is 15.5. The zero-order chi connectivity index (χ0) is 22.9. The highest BCUT2D eigenvalue weighted by Crippen LogP contribution is 2.40. The Morgan fingerprint density at radius 2 is 1.94 bits per heavy atom. The first-order valence-electron chi connectivity index (χ1n) is 11.2. The number of amides is 1. The first-order chi connectivity index (χ1) is 16.1. The van der Waals surface area contributed by atoms with Crippen LogP contribution in [0.15, 0.2) is 66.7 Å². The van der Waals surface area contributed by atoms with Crippen LogP contribution in [-0.2, 0) is 11.2 Å². The highest BCUT2D eigenvalue weighted by molar-refractivity contribution is 5.90. The van der Waals surface area contributed by atoms with Crippen LogP contribution >= 0.6 is 0 Å². The lowest BCUT2D eigenvalue weighted by atomic mass is 9.91. The van der Waals surface area contributed by atoms with Gasteiger partial charge in [-0.2, -0.15) is 0 Å². The molecule has 0 spiro atoms. The molecule has 1 unspecified atom stereocenters. The van der Waals surface area contributed by atoms with Crippen LogP contribution in [0.4, 0.5) is 0 Å². The summed E-state index contributed by atoms with van der Waals surface area (Å²) < 4.78 is 5.39. The minimum atomic E-state index is -0.299. The summed E-state index contributed by atoms with van der Waals surface area (Å²) in [4.78, 5) is 18.4. The summed E-state index contributed by atoms with van der Waals surface area (Å²) in [7, 11) is 1.67. The number of aromatic amines is 1. The number of hydrogen-bond acceptors (Lipinski definition) is 4. The van der Waals surface area contributed by atoms with Crippen molar-refractivity contribution in [1.82, 2.24) is 9.88 Å². The van der Waals surface area contributed by atoms with Crippen LogP contribution in [0.5, 0.6) is 11.5 Å². The van der Waals surface area contributed by atoms with Gasteiger partial charge in [-0.25, -0.2) is 0 Å². The number of H-pyrrole nitrogens is 1. The van der Waals surface area contributed by atoms with Gasteiger partial charge in [0.1, 0.15) is 11.5 Å². The lowest BCUT2D eigenvalue weighted by Gasteiger charge is -2.36. The number of methoxy groups -OCH3 is 1. The number of nitrogens with one attached hydrogen (secondary N) is 1. The van der Waals surface area contributed by atoms with Crippen LogP contribution in [0.25, 0.3) is 22.0 Å². The SMILES string of the molecule is COc1cccc(-c2ccc3[nH]c4c(c3c2)CCN(C(=O)CCN)C4c2cccc(O)c2)c1. The standard InChI is InChI=1S/C27H27N3O3/c1-33-21-7-3-4-17(15-21)18-8-9-24-23(16-18)22-11-13-30(25(32)10-12-28)27(26(22)29-24)19-5-2-6-20(31)14-19/h2-9,14-16,27,29,31H,10-13,28H2,1H3. The summed E-state index contributed by atoms with van der Waals surface area (Å²) in [6.45, 7) is 0.911. The van der Waals surface area contributed by atoms with E-state index in [1.165, 1.54) is 5.56 Å². The molecule has 6 heteroatoms. The van der Waals surface area contributed by atoms with Crippen LogP contribution in [0, 0.1) is 0 Å². The fourth-order valence-corrected chi connectivity index (χ4v) is 4.85. The number of fused-ring (bicyclic) bond motifs is 3. The molecule has 3 aromatic carbocycles. The van der Waals surface area contributed by atoms with Gasteiger partial charge in [-0.3, -0.25) is 4.79 Å². The van der Waals surface area contributed by atoms with E-state index in [0.29, 0.717) is 19.5 Å². The molecule has 4 aromatic rings. The van der Waals surface area contributed by atoms with Crippen molar-refractivity contribution < 1.29 is 14.6 Å². The molecule has 2 heterocycles. The minimum Gasteiger partial charge on any atom is -0.508 e. The van der Waals surface area contributed by atoms with Gasteiger partial charge in [0.05, 0.1) is 13.2 Å². The number of aromatic nitrogens is 1. The van der Waals surface area contributed by atoms with Crippen LogP contribution in [-0.4, -0.2) is 41.1 Å². The third-order valence-electron chi connectivity index (χ3n) is 6.39. The van der Waals surface area contributed by atoms with E-state index in [2.05, 4.69) is 29.2 Å². The highest BCUT2D eigenvalue weighted by atomic mass is 16.5. The number of carbonyl (C=O) groups is 1. The zero-order valence-corrected chi connectivity index (χ0v) is 18.5. The Morgan fingerprint density at radius 3 is 2.73 bits per heavy atom. The average Bonchev–Trinajstić information content (AvgIpc) is 3.21. The molecule has 1 aliphatic rings. The molecular formula is C27H27N3O3. The number of hydrogen-bond donors (Lipinski definition) is 3. The number of aromatic hydroxyl groups is 1. The molecule has 168 valence electrons. The summed E-state index contributed by atoms with van der Waals surface area (Å²) in [6.07, 6.45) is 1.05. The Kier molecular flexibility index (Phi) is 5.52. The summed E-state index contributed by atoms with van der Waals surface area (Å²) in [5.74, 6) is 1.02. The molecule has 1 aromatic heterocycles. The number of nitrogens with two attached hydrogens (primary N) is 1. The molecule has 6 nitrogen and oxygen atoms in total. The molecule has 0 radical (unpaired) electrons. The number of nitrogens with zero attached hydrogens (tertiary/aromatic N) is 1. The maximum Gasteiger partial charge on any atom is 0.224 e. The van der Waals surface area contributed by atoms with Gasteiger partial charge in [0.15, 0.2) is 0 Å². The van der Waals surface area contributed by atoms with Crippen molar-refractivity contribution in [3.05, 3.63) is 83.6 Å². The molecular weight excluding hydrogens is 414 g/mol. The Hall–Kier alpha value is -3.77. The van der Waals surface area contributed by atoms with Crippen molar-refractivity contribution in [2.75, 3.05) is 20.2 Å². The number of phenols is 1. The predicted molar refractivity (Wildman–Crippen MR) is 129 cm³/mol. The van der Waals surface area contributed by atoms with Crippen LogP contribution in [0.3, 0.4) is 0 Å². The monoisotopic (exact) mass is 441 g/mol. The van der Waals surface area contributed by atoms with E-state index in [1.54, 1.807) is 19.2 Å². The van der Waals surface area contributed by atoms with Crippen LogP contribution < -0.4 is 10.5 Å². The number of rotatable bonds is 5. The van der Waals surface area contributed by atoms with E-state index in [-0.39, 0.29) is 17.7 Å². The lowest BCUT2D eigenvalue weighted by Crippen LogP contribution is -2.41. The Bertz CT molecular complexity index is 1330. The van der Waals surface area contributed by atoms with Gasteiger partial charge in [-0.05, 0) is 65.1 Å². The second-order valence-electron chi connectivity index (χ2n) is 8.38. The Labute approximate surface area is 192 Å². The van der Waals surface area contributed by atoms with E-state index in [9.17, 15) is 9.90 Å². The smallest absolute Gasteiger partial charge is 0.224 e. The second-order valence-corrected chi connectivity index (χ2v) is 8.38. The van der Waals surface area contributed by atoms with Gasteiger partial charge in [0.25, 0.3) is 0 Å². The van der Waals surface area contributed by atoms with Gasteiger partial charge < -0.3 is 25.5 Å². The largest absolute Gasteiger partial charge is 0.508 e. The van der Waals surface area contributed by atoms with Crippen molar-refractivity contribution in [1.29, 1.82) is 0 Å². The quantitative estimate of drug-likeness (QED) is 0.429. The number of phenolic OH excluding ortho intramolecular Hbond substituents is 1. The first kappa shape index (κ1) is 21.1. The van der Waals surface area contributed by atoms with Crippen molar-refractivity contribution in [3.63, 3.8) is 0 Å². The molecule has 0 saturated heterocycles. The topological polar surface area (TPSA) is 91.6 Å². The van der Waals surface area contributed by atoms with Crippen LogP contribution in [0.1, 0.15) is 29.3 Å². The molecule has 0 fully saturated rings. The highest BCUT2D eigenvalue weighted by Gasteiger charge is 2.34. The minimum absolute atomic E-state index is 0.0206. The summed E-state index contributed by atoms with van der Waals surface area (Å²) in [5.41, 5.74) is 12.0. The van der Waals surface area contributed by atoms with E-state index in [1.807, 2.05) is 35.2 Å². The number of benzene rings is 3. The first-order valence-corrected chi connectivity index (χ1v) is 11.2. The molecule has 0 saturated carbocycles. The van der Waals surface area contributed by atoms with E-state index < -0.39 is 0 Å². The van der Waals surface area contributed by atoms with Crippen molar-refractivity contribution in [3.8, 4) is 22.6 Å². The fourth-order valence-electron chi connectivity index (χ4n) is 4.85. The molecule has 1 atom stereocenters. The molecule has 5 rings (SSSR count). The summed E-state index contributed by atoms with van der Waals surface area (Å²) in [6, 6.07) is 21.3. The van der Waals surface area contributed by atoms with E-state index in [4.69, 9.17) is 10.5 Å². The number of carbonyl (C=O) groups excluding carboxylic acids is 1. The van der Waals surface area contributed by atoms with Crippen molar-refractivity contribution in [2.24, 2.45) is 5.73 Å². The fraction of sp³-hybridized carbons (Fsp3) is 0.222. The maximum atomic E-state index is 12.9. The van der Waals surface area contributed by atoms with Crippen molar-refractivity contribution in [2.45, 2.75) is 18.9 Å². The van der Waals surface area contributed by atoms with E-state index >= 15 is 0 Å². The molecule has 33 heavy (non-hydrogen) atoms. The van der Waals surface area contributed by atoms with Gasteiger partial charge in [0, 0.05) is 36.1 Å². The summed E-state index contributed by atoms with van der Waals surface area (Å²) in [5, 5.41) is 11.3. The van der Waals surface area contributed by atoms with Gasteiger partial charge in [0.2, 0.25) is 5.91 Å². The lowest BCUT2D eigenvalue weighted by molar-refractivity contribution is -0.133. The molecule has 0 bridgehead atoms. The van der Waals surface area contributed by atoms with Gasteiger partial charge >= 0.3 is 0 Å². The predicted octanol–water partition coefficient (Wildman–Crippen LogP) is 4.37. The average molecular weight is 442 g/mol.